The molecule has 2 aliphatic rings. The fourth-order valence-electron chi connectivity index (χ4n) is 3.12. The average molecular weight is 412 g/mol. The molecule has 3 aromatic carbocycles. The maximum absolute atomic E-state index is 13.4. The van der Waals surface area contributed by atoms with Crippen LogP contribution in [0.1, 0.15) is 0 Å². The van der Waals surface area contributed by atoms with Gasteiger partial charge in [0, 0.05) is 5.39 Å². The SMILES string of the molecule is O=S(=O)(c1ccc(OCC2CO2)cc1)c1ccc2ccccc2c1OCC1CO1. The van der Waals surface area contributed by atoms with E-state index in [0.717, 1.165) is 10.8 Å². The van der Waals surface area contributed by atoms with Gasteiger partial charge in [-0.05, 0) is 35.7 Å². The Balaban J connectivity index is 1.49. The number of benzene rings is 3. The van der Waals surface area contributed by atoms with E-state index in [4.69, 9.17) is 18.9 Å². The maximum Gasteiger partial charge on any atom is 0.210 e. The molecule has 0 radical (unpaired) electrons. The van der Waals surface area contributed by atoms with Crippen molar-refractivity contribution in [2.75, 3.05) is 26.4 Å². The highest BCUT2D eigenvalue weighted by atomic mass is 32.2. The molecule has 6 nitrogen and oxygen atoms in total. The Morgan fingerprint density at radius 3 is 2.17 bits per heavy atom. The Bertz CT molecular complexity index is 1130. The molecule has 0 bridgehead atoms. The van der Waals surface area contributed by atoms with Crippen LogP contribution < -0.4 is 9.47 Å². The number of ether oxygens (including phenoxy) is 4. The highest BCUT2D eigenvalue weighted by Crippen LogP contribution is 2.37. The lowest BCUT2D eigenvalue weighted by atomic mass is 10.1. The molecule has 3 aromatic rings. The molecular weight excluding hydrogens is 392 g/mol. The predicted molar refractivity (Wildman–Crippen MR) is 106 cm³/mol. The second kappa shape index (κ2) is 7.33. The van der Waals surface area contributed by atoms with Gasteiger partial charge in [0.15, 0.2) is 0 Å². The lowest BCUT2D eigenvalue weighted by molar-refractivity contribution is 0.260. The Hall–Kier alpha value is -2.61. The minimum atomic E-state index is -3.77. The quantitative estimate of drug-likeness (QED) is 0.529. The van der Waals surface area contributed by atoms with Crippen molar-refractivity contribution >= 4 is 20.6 Å². The first kappa shape index (κ1) is 18.4. The van der Waals surface area contributed by atoms with Crippen LogP contribution in [-0.2, 0) is 19.3 Å². The second-order valence-corrected chi connectivity index (χ2v) is 9.04. The minimum Gasteiger partial charge on any atom is -0.491 e. The van der Waals surface area contributed by atoms with Gasteiger partial charge in [-0.3, -0.25) is 0 Å². The van der Waals surface area contributed by atoms with Crippen molar-refractivity contribution in [1.29, 1.82) is 0 Å². The molecular formula is C22H20O6S. The molecule has 0 spiro atoms. The van der Waals surface area contributed by atoms with Crippen LogP contribution in [0.25, 0.3) is 10.8 Å². The first-order chi connectivity index (χ1) is 14.1. The van der Waals surface area contributed by atoms with Crippen molar-refractivity contribution < 1.29 is 27.4 Å². The largest absolute Gasteiger partial charge is 0.491 e. The van der Waals surface area contributed by atoms with Crippen LogP contribution in [0.2, 0.25) is 0 Å². The van der Waals surface area contributed by atoms with Crippen LogP contribution in [-0.4, -0.2) is 47.1 Å². The van der Waals surface area contributed by atoms with Crippen LogP contribution >= 0.6 is 0 Å². The van der Waals surface area contributed by atoms with Crippen molar-refractivity contribution in [3.8, 4) is 11.5 Å². The fraction of sp³-hybridized carbons (Fsp3) is 0.273. The van der Waals surface area contributed by atoms with E-state index in [2.05, 4.69) is 0 Å². The summed E-state index contributed by atoms with van der Waals surface area (Å²) in [4.78, 5) is 0.340. The smallest absolute Gasteiger partial charge is 0.210 e. The minimum absolute atomic E-state index is 0.0244. The number of hydrogen-bond donors (Lipinski definition) is 0. The van der Waals surface area contributed by atoms with E-state index in [1.165, 1.54) is 0 Å². The van der Waals surface area contributed by atoms with E-state index in [0.29, 0.717) is 37.9 Å². The molecule has 150 valence electrons. The zero-order valence-corrected chi connectivity index (χ0v) is 16.4. The third-order valence-electron chi connectivity index (χ3n) is 4.92. The third-order valence-corrected chi connectivity index (χ3v) is 6.71. The molecule has 2 atom stereocenters. The van der Waals surface area contributed by atoms with Gasteiger partial charge in [0.2, 0.25) is 9.84 Å². The molecule has 2 heterocycles. The van der Waals surface area contributed by atoms with Crippen LogP contribution in [0, 0.1) is 0 Å². The van der Waals surface area contributed by atoms with Gasteiger partial charge in [0.25, 0.3) is 0 Å². The summed E-state index contributed by atoms with van der Waals surface area (Å²) in [6.45, 7) is 2.15. The molecule has 0 aromatic heterocycles. The van der Waals surface area contributed by atoms with Crippen molar-refractivity contribution in [3.05, 3.63) is 60.7 Å². The summed E-state index contributed by atoms with van der Waals surface area (Å²) in [5, 5.41) is 1.68. The monoisotopic (exact) mass is 412 g/mol. The standard InChI is InChI=1S/C22H20O6S/c23-29(24,19-8-6-16(7-9-19)25-11-17-12-26-17)21-10-5-15-3-1-2-4-20(15)22(21)28-14-18-13-27-18/h1-10,17-18H,11-14H2. The molecule has 2 fully saturated rings. The Kier molecular flexibility index (Phi) is 4.66. The van der Waals surface area contributed by atoms with E-state index in [9.17, 15) is 8.42 Å². The predicted octanol–water partition coefficient (Wildman–Crippen LogP) is 3.23. The van der Waals surface area contributed by atoms with Crippen molar-refractivity contribution in [3.63, 3.8) is 0 Å². The molecule has 2 aliphatic heterocycles. The molecule has 0 aliphatic carbocycles. The molecule has 0 N–H and O–H groups in total. The summed E-state index contributed by atoms with van der Waals surface area (Å²) >= 11 is 0. The van der Waals surface area contributed by atoms with Crippen LogP contribution in [0.5, 0.6) is 11.5 Å². The summed E-state index contributed by atoms with van der Waals surface area (Å²) < 4.78 is 48.6. The number of rotatable bonds is 8. The van der Waals surface area contributed by atoms with Gasteiger partial charge in [-0.15, -0.1) is 0 Å². The molecule has 0 amide bonds. The van der Waals surface area contributed by atoms with Gasteiger partial charge in [-0.25, -0.2) is 8.42 Å². The second-order valence-electron chi connectivity index (χ2n) is 7.12. The zero-order chi connectivity index (χ0) is 19.8. The number of fused-ring (bicyclic) bond motifs is 1. The maximum atomic E-state index is 13.4. The van der Waals surface area contributed by atoms with Crippen LogP contribution in [0.3, 0.4) is 0 Å². The molecule has 29 heavy (non-hydrogen) atoms. The Morgan fingerprint density at radius 2 is 1.48 bits per heavy atom. The number of hydrogen-bond acceptors (Lipinski definition) is 6. The van der Waals surface area contributed by atoms with E-state index in [1.807, 2.05) is 24.3 Å². The van der Waals surface area contributed by atoms with Crippen molar-refractivity contribution in [1.82, 2.24) is 0 Å². The summed E-state index contributed by atoms with van der Waals surface area (Å²) in [7, 11) is -3.77. The van der Waals surface area contributed by atoms with Crippen LogP contribution in [0.4, 0.5) is 0 Å². The molecule has 5 rings (SSSR count). The lowest BCUT2D eigenvalue weighted by Crippen LogP contribution is -2.10. The van der Waals surface area contributed by atoms with E-state index in [1.54, 1.807) is 36.4 Å². The van der Waals surface area contributed by atoms with Gasteiger partial charge >= 0.3 is 0 Å². The summed E-state index contributed by atoms with van der Waals surface area (Å²) in [6.07, 6.45) is 0.169. The Morgan fingerprint density at radius 1 is 0.828 bits per heavy atom. The number of sulfone groups is 1. The lowest BCUT2D eigenvalue weighted by Gasteiger charge is -2.15. The van der Waals surface area contributed by atoms with Gasteiger partial charge in [0.1, 0.15) is 41.8 Å². The van der Waals surface area contributed by atoms with Gasteiger partial charge in [-0.1, -0.05) is 30.3 Å². The zero-order valence-electron chi connectivity index (χ0n) is 15.6. The van der Waals surface area contributed by atoms with Gasteiger partial charge in [0.05, 0.1) is 18.1 Å². The Labute approximate surface area is 168 Å². The van der Waals surface area contributed by atoms with Crippen molar-refractivity contribution in [2.45, 2.75) is 22.0 Å². The molecule has 0 saturated carbocycles. The van der Waals surface area contributed by atoms with Crippen molar-refractivity contribution in [2.24, 2.45) is 0 Å². The molecule has 2 saturated heterocycles. The number of epoxide rings is 2. The summed E-state index contributed by atoms with van der Waals surface area (Å²) in [6, 6.07) is 17.4. The van der Waals surface area contributed by atoms with E-state index < -0.39 is 9.84 Å². The third kappa shape index (κ3) is 3.94. The first-order valence-corrected chi connectivity index (χ1v) is 11.0. The normalized spacial score (nSPS) is 20.4. The highest BCUT2D eigenvalue weighted by Gasteiger charge is 2.28. The topological polar surface area (TPSA) is 77.7 Å². The highest BCUT2D eigenvalue weighted by molar-refractivity contribution is 7.91. The average Bonchev–Trinajstić information content (AvgIpc) is 3.65. The van der Waals surface area contributed by atoms with Gasteiger partial charge < -0.3 is 18.9 Å². The van der Waals surface area contributed by atoms with E-state index >= 15 is 0 Å². The van der Waals surface area contributed by atoms with Gasteiger partial charge in [-0.2, -0.15) is 0 Å². The first-order valence-electron chi connectivity index (χ1n) is 9.47. The summed E-state index contributed by atoms with van der Waals surface area (Å²) in [5.74, 6) is 0.977. The molecule has 2 unspecified atom stereocenters. The summed E-state index contributed by atoms with van der Waals surface area (Å²) in [5.41, 5.74) is 0. The van der Waals surface area contributed by atoms with Crippen LogP contribution in [0.15, 0.2) is 70.5 Å². The van der Waals surface area contributed by atoms with E-state index in [-0.39, 0.29) is 22.0 Å². The molecule has 7 heteroatoms. The fourth-order valence-corrected chi connectivity index (χ4v) is 4.53.